The zero-order chi connectivity index (χ0) is 17.4. The van der Waals surface area contributed by atoms with Crippen LogP contribution < -0.4 is 5.32 Å². The zero-order valence-corrected chi connectivity index (χ0v) is 12.5. The SMILES string of the molecule is CC1(C)C(=O)C(C(=O)NCC(=O)O)C(=O)c2cc(C#N)ccc21. The first kappa shape index (κ1) is 16.4. The normalized spacial score (nSPS) is 18.7. The fraction of sp³-hybridized carbons (Fsp3) is 0.312. The third-order valence-electron chi connectivity index (χ3n) is 3.90. The number of hydrogen-bond donors (Lipinski definition) is 2. The molecule has 1 aliphatic carbocycles. The van der Waals surface area contributed by atoms with Gasteiger partial charge in [0.2, 0.25) is 5.91 Å². The van der Waals surface area contributed by atoms with Gasteiger partial charge >= 0.3 is 5.97 Å². The molecule has 0 bridgehead atoms. The summed E-state index contributed by atoms with van der Waals surface area (Å²) in [5.74, 6) is -5.14. The van der Waals surface area contributed by atoms with Gasteiger partial charge in [-0.05, 0) is 31.5 Å². The molecule has 0 aliphatic heterocycles. The number of benzene rings is 1. The Kier molecular flexibility index (Phi) is 4.02. The summed E-state index contributed by atoms with van der Waals surface area (Å²) in [6.45, 7) is 2.50. The number of rotatable bonds is 3. The number of nitrogens with zero attached hydrogens (tertiary/aromatic N) is 1. The molecule has 23 heavy (non-hydrogen) atoms. The maximum atomic E-state index is 12.6. The Hall–Kier alpha value is -3.01. The summed E-state index contributed by atoms with van der Waals surface area (Å²) in [5.41, 5.74) is -0.257. The molecular formula is C16H14N2O5. The Morgan fingerprint density at radius 2 is 2.00 bits per heavy atom. The first-order chi connectivity index (χ1) is 10.7. The molecule has 1 atom stereocenters. The van der Waals surface area contributed by atoms with E-state index in [1.54, 1.807) is 13.8 Å². The van der Waals surface area contributed by atoms with Crippen LogP contribution in [0.15, 0.2) is 18.2 Å². The van der Waals surface area contributed by atoms with Crippen molar-refractivity contribution in [1.29, 1.82) is 5.26 Å². The quantitative estimate of drug-likeness (QED) is 0.779. The molecule has 7 heteroatoms. The van der Waals surface area contributed by atoms with Crippen molar-refractivity contribution >= 4 is 23.4 Å². The lowest BCUT2D eigenvalue weighted by Gasteiger charge is -2.34. The maximum Gasteiger partial charge on any atom is 0.322 e. The van der Waals surface area contributed by atoms with E-state index in [9.17, 15) is 19.2 Å². The van der Waals surface area contributed by atoms with Crippen LogP contribution in [0.3, 0.4) is 0 Å². The first-order valence-electron chi connectivity index (χ1n) is 6.82. The van der Waals surface area contributed by atoms with E-state index in [0.717, 1.165) is 0 Å². The van der Waals surface area contributed by atoms with Gasteiger partial charge in [0.05, 0.1) is 17.0 Å². The van der Waals surface area contributed by atoms with E-state index in [2.05, 4.69) is 5.32 Å². The standard InChI is InChI=1S/C16H14N2O5/c1-16(2)10-4-3-8(6-17)5-9(10)13(21)12(14(16)22)15(23)18-7-11(19)20/h3-5,12H,7H2,1-2H3,(H,18,23)(H,19,20). The highest BCUT2D eigenvalue weighted by Crippen LogP contribution is 2.37. The van der Waals surface area contributed by atoms with Crippen LogP contribution in [-0.2, 0) is 19.8 Å². The Balaban J connectivity index is 2.50. The van der Waals surface area contributed by atoms with E-state index in [1.807, 2.05) is 6.07 Å². The van der Waals surface area contributed by atoms with Crippen LogP contribution in [0, 0.1) is 17.2 Å². The number of amides is 1. The number of fused-ring (bicyclic) bond motifs is 1. The summed E-state index contributed by atoms with van der Waals surface area (Å²) >= 11 is 0. The zero-order valence-electron chi connectivity index (χ0n) is 12.5. The average Bonchev–Trinajstić information content (AvgIpc) is 2.51. The van der Waals surface area contributed by atoms with E-state index in [1.165, 1.54) is 18.2 Å². The number of carboxylic acids is 1. The second-order valence-electron chi connectivity index (χ2n) is 5.77. The van der Waals surface area contributed by atoms with Crippen LogP contribution in [0.5, 0.6) is 0 Å². The van der Waals surface area contributed by atoms with E-state index in [-0.39, 0.29) is 11.1 Å². The summed E-state index contributed by atoms with van der Waals surface area (Å²) in [6, 6.07) is 6.30. The number of aliphatic carboxylic acids is 1. The highest BCUT2D eigenvalue weighted by Gasteiger charge is 2.49. The number of carbonyl (C=O) groups excluding carboxylic acids is 3. The lowest BCUT2D eigenvalue weighted by molar-refractivity contribution is -0.140. The highest BCUT2D eigenvalue weighted by molar-refractivity contribution is 6.29. The van der Waals surface area contributed by atoms with Gasteiger partial charge in [0.25, 0.3) is 0 Å². The molecule has 0 spiro atoms. The summed E-state index contributed by atoms with van der Waals surface area (Å²) in [6.07, 6.45) is 0. The first-order valence-corrected chi connectivity index (χ1v) is 6.82. The van der Waals surface area contributed by atoms with Gasteiger partial charge in [-0.1, -0.05) is 6.07 Å². The van der Waals surface area contributed by atoms with Gasteiger partial charge in [-0.3, -0.25) is 19.2 Å². The minimum Gasteiger partial charge on any atom is -0.480 e. The number of nitrogens with one attached hydrogen (secondary N) is 1. The summed E-state index contributed by atoms with van der Waals surface area (Å²) < 4.78 is 0. The van der Waals surface area contributed by atoms with E-state index in [0.29, 0.717) is 5.56 Å². The molecule has 0 radical (unpaired) electrons. The maximum absolute atomic E-state index is 12.6. The lowest BCUT2D eigenvalue weighted by atomic mass is 9.66. The lowest BCUT2D eigenvalue weighted by Crippen LogP contribution is -2.51. The van der Waals surface area contributed by atoms with Crippen molar-refractivity contribution in [3.63, 3.8) is 0 Å². The van der Waals surface area contributed by atoms with Crippen LogP contribution in [0.1, 0.15) is 35.3 Å². The Labute approximate surface area is 131 Å². The van der Waals surface area contributed by atoms with Gasteiger partial charge in [0, 0.05) is 5.56 Å². The topological polar surface area (TPSA) is 124 Å². The van der Waals surface area contributed by atoms with Gasteiger partial charge in [-0.15, -0.1) is 0 Å². The number of Topliss-reactive ketones (excluding diaryl/α,β-unsaturated/α-hetero) is 2. The van der Waals surface area contributed by atoms with Crippen molar-refractivity contribution < 1.29 is 24.3 Å². The molecule has 1 aliphatic rings. The molecule has 0 aromatic heterocycles. The minimum atomic E-state index is -1.61. The molecule has 2 rings (SSSR count). The van der Waals surface area contributed by atoms with Gasteiger partial charge in [-0.2, -0.15) is 5.26 Å². The Morgan fingerprint density at radius 3 is 2.57 bits per heavy atom. The predicted octanol–water partition coefficient (Wildman–Crippen LogP) is 0.418. The summed E-state index contributed by atoms with van der Waals surface area (Å²) in [7, 11) is 0. The van der Waals surface area contributed by atoms with Crippen LogP contribution in [-0.4, -0.2) is 35.1 Å². The molecule has 0 fully saturated rings. The second kappa shape index (κ2) is 5.65. The molecule has 0 saturated carbocycles. The number of carboxylic acid groups (broad SMARTS) is 1. The van der Waals surface area contributed by atoms with Gasteiger partial charge < -0.3 is 10.4 Å². The molecule has 1 aromatic rings. The fourth-order valence-electron chi connectivity index (χ4n) is 2.63. The smallest absolute Gasteiger partial charge is 0.322 e. The number of hydrogen-bond acceptors (Lipinski definition) is 5. The molecular weight excluding hydrogens is 300 g/mol. The minimum absolute atomic E-state index is 0.143. The fourth-order valence-corrected chi connectivity index (χ4v) is 2.63. The van der Waals surface area contributed by atoms with Crippen molar-refractivity contribution in [3.05, 3.63) is 34.9 Å². The molecule has 0 saturated heterocycles. The summed E-state index contributed by atoms with van der Waals surface area (Å²) in [4.78, 5) is 47.7. The van der Waals surface area contributed by atoms with E-state index in [4.69, 9.17) is 10.4 Å². The van der Waals surface area contributed by atoms with E-state index < -0.39 is 41.3 Å². The van der Waals surface area contributed by atoms with Crippen LogP contribution >= 0.6 is 0 Å². The Bertz CT molecular complexity index is 773. The number of ketones is 2. The largest absolute Gasteiger partial charge is 0.480 e. The second-order valence-corrected chi connectivity index (χ2v) is 5.77. The third kappa shape index (κ3) is 2.71. The van der Waals surface area contributed by atoms with Crippen molar-refractivity contribution in [2.75, 3.05) is 6.54 Å². The molecule has 1 unspecified atom stereocenters. The van der Waals surface area contributed by atoms with Crippen LogP contribution in [0.25, 0.3) is 0 Å². The molecule has 118 valence electrons. The third-order valence-corrected chi connectivity index (χ3v) is 3.90. The monoisotopic (exact) mass is 314 g/mol. The molecule has 1 amide bonds. The number of nitriles is 1. The molecule has 1 aromatic carbocycles. The Morgan fingerprint density at radius 1 is 1.35 bits per heavy atom. The molecule has 7 nitrogen and oxygen atoms in total. The average molecular weight is 314 g/mol. The van der Waals surface area contributed by atoms with Crippen molar-refractivity contribution in [2.24, 2.45) is 5.92 Å². The van der Waals surface area contributed by atoms with Crippen LogP contribution in [0.2, 0.25) is 0 Å². The predicted molar refractivity (Wildman–Crippen MR) is 77.7 cm³/mol. The molecule has 2 N–H and O–H groups in total. The van der Waals surface area contributed by atoms with Gasteiger partial charge in [0.15, 0.2) is 17.5 Å². The number of carbonyl (C=O) groups is 4. The van der Waals surface area contributed by atoms with E-state index >= 15 is 0 Å². The van der Waals surface area contributed by atoms with Crippen molar-refractivity contribution in [1.82, 2.24) is 5.32 Å². The van der Waals surface area contributed by atoms with Crippen LogP contribution in [0.4, 0.5) is 0 Å². The molecule has 0 heterocycles. The van der Waals surface area contributed by atoms with Gasteiger partial charge in [0.1, 0.15) is 6.54 Å². The summed E-state index contributed by atoms with van der Waals surface area (Å²) in [5, 5.41) is 19.6. The highest BCUT2D eigenvalue weighted by atomic mass is 16.4. The van der Waals surface area contributed by atoms with Crippen molar-refractivity contribution in [2.45, 2.75) is 19.3 Å². The van der Waals surface area contributed by atoms with Gasteiger partial charge in [-0.25, -0.2) is 0 Å². The van der Waals surface area contributed by atoms with Crippen molar-refractivity contribution in [3.8, 4) is 6.07 Å².